The van der Waals surface area contributed by atoms with Gasteiger partial charge in [0.15, 0.2) is 0 Å². The molecule has 2 rings (SSSR count). The fraction of sp³-hybridized carbons (Fsp3) is 0. The Balaban J connectivity index is 2.67. The van der Waals surface area contributed by atoms with Crippen molar-refractivity contribution in [2.24, 2.45) is 0 Å². The Bertz CT molecular complexity index is 504. The number of para-hydroxylation sites is 1. The van der Waals surface area contributed by atoms with Gasteiger partial charge in [0, 0.05) is 12.3 Å². The minimum atomic E-state index is -0.0828. The van der Waals surface area contributed by atoms with E-state index < -0.39 is 0 Å². The molecule has 2 aromatic rings. The summed E-state index contributed by atoms with van der Waals surface area (Å²) in [5, 5.41) is 0.570. The van der Waals surface area contributed by atoms with Crippen molar-refractivity contribution in [1.82, 2.24) is 4.57 Å². The van der Waals surface area contributed by atoms with Crippen LogP contribution in [0.2, 0.25) is 5.02 Å². The Morgan fingerprint density at radius 3 is 2.43 bits per heavy atom. The van der Waals surface area contributed by atoms with Crippen LogP contribution in [0.1, 0.15) is 0 Å². The van der Waals surface area contributed by atoms with Gasteiger partial charge in [-0.3, -0.25) is 9.36 Å². The van der Waals surface area contributed by atoms with Crippen LogP contribution >= 0.6 is 11.6 Å². The monoisotopic (exact) mass is 205 g/mol. The lowest BCUT2D eigenvalue weighted by Gasteiger charge is -2.05. The summed E-state index contributed by atoms with van der Waals surface area (Å²) < 4.78 is 1.52. The first kappa shape index (κ1) is 9.03. The van der Waals surface area contributed by atoms with Crippen LogP contribution in [0.25, 0.3) is 5.69 Å². The maximum absolute atomic E-state index is 11.5. The van der Waals surface area contributed by atoms with E-state index in [4.69, 9.17) is 11.6 Å². The molecule has 0 fully saturated rings. The molecule has 0 spiro atoms. The summed E-state index contributed by atoms with van der Waals surface area (Å²) in [7, 11) is 0. The number of hydrogen-bond donors (Lipinski definition) is 0. The Kier molecular flexibility index (Phi) is 2.37. The zero-order chi connectivity index (χ0) is 9.97. The van der Waals surface area contributed by atoms with Crippen LogP contribution in [0.15, 0.2) is 53.5 Å². The second-order valence-corrected chi connectivity index (χ2v) is 3.27. The molecule has 1 heterocycles. The van der Waals surface area contributed by atoms with E-state index in [9.17, 15) is 4.79 Å². The molecule has 0 saturated carbocycles. The van der Waals surface area contributed by atoms with Crippen molar-refractivity contribution in [2.75, 3.05) is 0 Å². The van der Waals surface area contributed by atoms with Crippen LogP contribution in [0, 0.1) is 0 Å². The van der Waals surface area contributed by atoms with Gasteiger partial charge in [0.05, 0.1) is 10.7 Å². The lowest BCUT2D eigenvalue weighted by Crippen LogP contribution is -2.15. The van der Waals surface area contributed by atoms with E-state index in [0.29, 0.717) is 10.7 Å². The van der Waals surface area contributed by atoms with Crippen molar-refractivity contribution in [1.29, 1.82) is 0 Å². The van der Waals surface area contributed by atoms with Gasteiger partial charge in [0.1, 0.15) is 0 Å². The average Bonchev–Trinajstić information content (AvgIpc) is 2.20. The molecule has 0 atom stereocenters. The van der Waals surface area contributed by atoms with Crippen molar-refractivity contribution in [3.8, 4) is 5.69 Å². The number of rotatable bonds is 1. The Hall–Kier alpha value is -1.54. The highest BCUT2D eigenvalue weighted by molar-refractivity contribution is 6.32. The highest BCUT2D eigenvalue weighted by atomic mass is 35.5. The third-order valence-corrected chi connectivity index (χ3v) is 2.25. The molecule has 0 saturated heterocycles. The second kappa shape index (κ2) is 3.68. The van der Waals surface area contributed by atoms with Crippen molar-refractivity contribution < 1.29 is 0 Å². The maximum Gasteiger partial charge on any atom is 0.255 e. The molecule has 1 aromatic carbocycles. The zero-order valence-electron chi connectivity index (χ0n) is 7.35. The van der Waals surface area contributed by atoms with Crippen molar-refractivity contribution >= 4 is 11.6 Å². The number of halogens is 1. The molecule has 14 heavy (non-hydrogen) atoms. The van der Waals surface area contributed by atoms with Crippen LogP contribution in [0.3, 0.4) is 0 Å². The quantitative estimate of drug-likeness (QED) is 0.701. The van der Waals surface area contributed by atoms with Crippen molar-refractivity contribution in [3.05, 3.63) is 64.0 Å². The Labute approximate surface area is 86.4 Å². The van der Waals surface area contributed by atoms with E-state index in [1.807, 2.05) is 18.2 Å². The predicted octanol–water partition coefficient (Wildman–Crippen LogP) is 2.49. The summed E-state index contributed by atoms with van der Waals surface area (Å²) in [5.74, 6) is 0. The highest BCUT2D eigenvalue weighted by Gasteiger charge is 2.01. The van der Waals surface area contributed by atoms with Gasteiger partial charge in [0.25, 0.3) is 5.56 Å². The smallest absolute Gasteiger partial charge is 0.255 e. The molecule has 2 nitrogen and oxygen atoms in total. The SMILES string of the molecule is O=c1ccccn1-c1ccccc1Cl. The minimum absolute atomic E-state index is 0.0828. The topological polar surface area (TPSA) is 22.0 Å². The van der Waals surface area contributed by atoms with Crippen LogP contribution in [0.5, 0.6) is 0 Å². The van der Waals surface area contributed by atoms with Gasteiger partial charge >= 0.3 is 0 Å². The normalized spacial score (nSPS) is 10.1. The summed E-state index contributed by atoms with van der Waals surface area (Å²) >= 11 is 5.97. The molecule has 0 aliphatic rings. The summed E-state index contributed by atoms with van der Waals surface area (Å²) in [4.78, 5) is 11.5. The minimum Gasteiger partial charge on any atom is -0.283 e. The van der Waals surface area contributed by atoms with Crippen LogP contribution in [0.4, 0.5) is 0 Å². The lowest BCUT2D eigenvalue weighted by molar-refractivity contribution is 0.991. The molecular weight excluding hydrogens is 198 g/mol. The molecule has 0 radical (unpaired) electrons. The average molecular weight is 206 g/mol. The third kappa shape index (κ3) is 1.56. The Morgan fingerprint density at radius 1 is 1.00 bits per heavy atom. The predicted molar refractivity (Wildman–Crippen MR) is 57.0 cm³/mol. The van der Waals surface area contributed by atoms with Gasteiger partial charge in [-0.15, -0.1) is 0 Å². The van der Waals surface area contributed by atoms with Crippen molar-refractivity contribution in [2.45, 2.75) is 0 Å². The van der Waals surface area contributed by atoms with E-state index in [1.54, 1.807) is 24.4 Å². The summed E-state index contributed by atoms with van der Waals surface area (Å²) in [5.41, 5.74) is 0.625. The first-order chi connectivity index (χ1) is 6.79. The van der Waals surface area contributed by atoms with Gasteiger partial charge in [-0.1, -0.05) is 29.8 Å². The first-order valence-corrected chi connectivity index (χ1v) is 4.59. The van der Waals surface area contributed by atoms with Crippen LogP contribution in [-0.2, 0) is 0 Å². The number of hydrogen-bond acceptors (Lipinski definition) is 1. The number of pyridine rings is 1. The molecule has 0 aliphatic heterocycles. The molecule has 0 aliphatic carbocycles. The fourth-order valence-corrected chi connectivity index (χ4v) is 1.50. The first-order valence-electron chi connectivity index (χ1n) is 4.21. The van der Waals surface area contributed by atoms with Crippen LogP contribution in [-0.4, -0.2) is 4.57 Å². The van der Waals surface area contributed by atoms with Crippen LogP contribution < -0.4 is 5.56 Å². The molecule has 0 N–H and O–H groups in total. The number of aromatic nitrogens is 1. The van der Waals surface area contributed by atoms with E-state index >= 15 is 0 Å². The van der Waals surface area contributed by atoms with Gasteiger partial charge < -0.3 is 0 Å². The fourth-order valence-electron chi connectivity index (χ4n) is 1.27. The molecule has 0 amide bonds. The molecule has 70 valence electrons. The molecule has 0 unspecified atom stereocenters. The van der Waals surface area contributed by atoms with E-state index in [0.717, 1.165) is 0 Å². The van der Waals surface area contributed by atoms with Gasteiger partial charge in [0.2, 0.25) is 0 Å². The van der Waals surface area contributed by atoms with Gasteiger partial charge in [-0.05, 0) is 18.2 Å². The van der Waals surface area contributed by atoms with E-state index in [2.05, 4.69) is 0 Å². The molecule has 1 aromatic heterocycles. The van der Waals surface area contributed by atoms with Gasteiger partial charge in [-0.2, -0.15) is 0 Å². The molecule has 0 bridgehead atoms. The summed E-state index contributed by atoms with van der Waals surface area (Å²) in [6, 6.07) is 12.3. The van der Waals surface area contributed by atoms with E-state index in [-0.39, 0.29) is 5.56 Å². The lowest BCUT2D eigenvalue weighted by atomic mass is 10.3. The standard InChI is InChI=1S/C11H8ClNO/c12-9-5-1-2-6-10(9)13-8-4-3-7-11(13)14/h1-8H. The zero-order valence-corrected chi connectivity index (χ0v) is 8.11. The number of nitrogens with zero attached hydrogens (tertiary/aromatic N) is 1. The van der Waals surface area contributed by atoms with Crippen molar-refractivity contribution in [3.63, 3.8) is 0 Å². The Morgan fingerprint density at radius 2 is 1.71 bits per heavy atom. The maximum atomic E-state index is 11.5. The molecule has 3 heteroatoms. The largest absolute Gasteiger partial charge is 0.283 e. The number of benzene rings is 1. The highest BCUT2D eigenvalue weighted by Crippen LogP contribution is 2.17. The second-order valence-electron chi connectivity index (χ2n) is 2.86. The summed E-state index contributed by atoms with van der Waals surface area (Å²) in [6.45, 7) is 0. The third-order valence-electron chi connectivity index (χ3n) is 1.93. The molecular formula is C11H8ClNO. The summed E-state index contributed by atoms with van der Waals surface area (Å²) in [6.07, 6.45) is 1.70. The van der Waals surface area contributed by atoms with E-state index in [1.165, 1.54) is 10.6 Å². The van der Waals surface area contributed by atoms with Gasteiger partial charge in [-0.25, -0.2) is 0 Å².